The quantitative estimate of drug-likeness (QED) is 0.711. The van der Waals surface area contributed by atoms with Crippen LogP contribution >= 0.6 is 0 Å². The number of carbonyl (C=O) groups is 1. The average Bonchev–Trinajstić information content (AvgIpc) is 2.65. The third-order valence-electron chi connectivity index (χ3n) is 2.14. The van der Waals surface area contributed by atoms with E-state index in [1.165, 1.54) is 0 Å². The van der Waals surface area contributed by atoms with Gasteiger partial charge in [-0.3, -0.25) is 4.79 Å². The Kier molecular flexibility index (Phi) is 4.23. The first-order chi connectivity index (χ1) is 7.17. The highest BCUT2D eigenvalue weighted by molar-refractivity contribution is 5.75. The molecule has 1 aromatic heterocycles. The van der Waals surface area contributed by atoms with Gasteiger partial charge >= 0.3 is 0 Å². The van der Waals surface area contributed by atoms with Crippen LogP contribution in [0.25, 0.3) is 0 Å². The highest BCUT2D eigenvalue weighted by Gasteiger charge is 2.08. The Bertz CT molecular complexity index is 322. The number of nitrogens with zero attached hydrogens (tertiary/aromatic N) is 4. The summed E-state index contributed by atoms with van der Waals surface area (Å²) in [4.78, 5) is 13.2. The van der Waals surface area contributed by atoms with Crippen molar-refractivity contribution in [3.63, 3.8) is 0 Å². The number of hydrogen-bond acceptors (Lipinski definition) is 4. The molecule has 0 saturated heterocycles. The van der Waals surface area contributed by atoms with Gasteiger partial charge in [0.2, 0.25) is 5.91 Å². The van der Waals surface area contributed by atoms with Crippen molar-refractivity contribution in [2.75, 3.05) is 20.6 Å². The molecular formula is C9H17N5O. The van der Waals surface area contributed by atoms with Crippen LogP contribution in [0.3, 0.4) is 0 Å². The monoisotopic (exact) mass is 211 g/mol. The van der Waals surface area contributed by atoms with Crippen molar-refractivity contribution >= 4 is 5.91 Å². The summed E-state index contributed by atoms with van der Waals surface area (Å²) in [5, 5.41) is 10.8. The second kappa shape index (κ2) is 5.45. The van der Waals surface area contributed by atoms with Crippen LogP contribution in [-0.4, -0.2) is 46.4 Å². The molecule has 1 aromatic rings. The molecule has 0 aliphatic carbocycles. The van der Waals surface area contributed by atoms with E-state index in [1.54, 1.807) is 22.8 Å². The van der Waals surface area contributed by atoms with Gasteiger partial charge in [-0.2, -0.15) is 0 Å². The molecule has 1 N–H and O–H groups in total. The molecule has 6 nitrogen and oxygen atoms in total. The maximum Gasteiger partial charge on any atom is 0.244 e. The summed E-state index contributed by atoms with van der Waals surface area (Å²) in [5.41, 5.74) is 0.837. The summed E-state index contributed by atoms with van der Waals surface area (Å²) in [6.45, 7) is 3.56. The summed E-state index contributed by atoms with van der Waals surface area (Å²) >= 11 is 0. The average molecular weight is 211 g/mol. The minimum Gasteiger partial charge on any atom is -0.344 e. The van der Waals surface area contributed by atoms with Crippen molar-refractivity contribution in [1.82, 2.24) is 25.2 Å². The van der Waals surface area contributed by atoms with Crippen LogP contribution in [0.1, 0.15) is 12.6 Å². The lowest BCUT2D eigenvalue weighted by Gasteiger charge is -2.13. The number of amides is 1. The van der Waals surface area contributed by atoms with Crippen molar-refractivity contribution in [1.29, 1.82) is 0 Å². The zero-order valence-electron chi connectivity index (χ0n) is 9.40. The van der Waals surface area contributed by atoms with Crippen molar-refractivity contribution in [2.45, 2.75) is 20.0 Å². The Labute approximate surface area is 89.3 Å². The molecule has 1 amide bonds. The Hall–Kier alpha value is -1.43. The topological polar surface area (TPSA) is 63.1 Å². The fourth-order valence-electron chi connectivity index (χ4n) is 1.11. The van der Waals surface area contributed by atoms with Crippen LogP contribution in [0.15, 0.2) is 6.20 Å². The molecule has 1 heterocycles. The van der Waals surface area contributed by atoms with Gasteiger partial charge < -0.3 is 10.2 Å². The lowest BCUT2D eigenvalue weighted by atomic mass is 10.4. The maximum atomic E-state index is 11.5. The van der Waals surface area contributed by atoms with E-state index in [2.05, 4.69) is 15.6 Å². The smallest absolute Gasteiger partial charge is 0.244 e. The van der Waals surface area contributed by atoms with E-state index < -0.39 is 0 Å². The zero-order chi connectivity index (χ0) is 11.3. The van der Waals surface area contributed by atoms with Crippen LogP contribution < -0.4 is 5.32 Å². The summed E-state index contributed by atoms with van der Waals surface area (Å²) in [6, 6.07) is 0. The number of likely N-dealkylation sites (N-methyl/N-ethyl adjacent to an activating group) is 1. The van der Waals surface area contributed by atoms with E-state index in [1.807, 2.05) is 14.0 Å². The molecule has 0 aliphatic heterocycles. The Morgan fingerprint density at radius 1 is 1.67 bits per heavy atom. The molecule has 15 heavy (non-hydrogen) atoms. The summed E-state index contributed by atoms with van der Waals surface area (Å²) in [7, 11) is 3.61. The highest BCUT2D eigenvalue weighted by Crippen LogP contribution is 1.94. The molecule has 0 bridgehead atoms. The molecule has 0 aliphatic rings. The summed E-state index contributed by atoms with van der Waals surface area (Å²) in [5.74, 6) is 0.0402. The van der Waals surface area contributed by atoms with Crippen LogP contribution in [0.4, 0.5) is 0 Å². The maximum absolute atomic E-state index is 11.5. The summed E-state index contributed by atoms with van der Waals surface area (Å²) < 4.78 is 1.56. The SMILES string of the molecule is CCN(C)C(=O)Cn1cc(CNC)nn1. The van der Waals surface area contributed by atoms with Gasteiger partial charge in [0.1, 0.15) is 6.54 Å². The van der Waals surface area contributed by atoms with Crippen molar-refractivity contribution < 1.29 is 4.79 Å². The lowest BCUT2D eigenvalue weighted by molar-refractivity contribution is -0.130. The molecule has 0 radical (unpaired) electrons. The van der Waals surface area contributed by atoms with Crippen molar-refractivity contribution in [3.8, 4) is 0 Å². The van der Waals surface area contributed by atoms with Gasteiger partial charge in [0.25, 0.3) is 0 Å². The second-order valence-corrected chi connectivity index (χ2v) is 3.35. The number of hydrogen-bond donors (Lipinski definition) is 1. The fraction of sp³-hybridized carbons (Fsp3) is 0.667. The van der Waals surface area contributed by atoms with Gasteiger partial charge in [-0.1, -0.05) is 5.21 Å². The fourth-order valence-corrected chi connectivity index (χ4v) is 1.11. The second-order valence-electron chi connectivity index (χ2n) is 3.35. The minimum absolute atomic E-state index is 0.0402. The van der Waals surface area contributed by atoms with Gasteiger partial charge in [0.05, 0.1) is 11.9 Å². The third-order valence-corrected chi connectivity index (χ3v) is 2.14. The van der Waals surface area contributed by atoms with E-state index in [4.69, 9.17) is 0 Å². The first-order valence-corrected chi connectivity index (χ1v) is 4.95. The van der Waals surface area contributed by atoms with Crippen molar-refractivity contribution in [3.05, 3.63) is 11.9 Å². The third kappa shape index (κ3) is 3.32. The van der Waals surface area contributed by atoms with E-state index in [9.17, 15) is 4.79 Å². The van der Waals surface area contributed by atoms with Crippen LogP contribution in [0, 0.1) is 0 Å². The van der Waals surface area contributed by atoms with E-state index in [0.717, 1.165) is 5.69 Å². The van der Waals surface area contributed by atoms with Gasteiger partial charge in [-0.25, -0.2) is 4.68 Å². The molecule has 0 unspecified atom stereocenters. The molecule has 84 valence electrons. The predicted molar refractivity (Wildman–Crippen MR) is 56.1 cm³/mol. The molecule has 0 saturated carbocycles. The van der Waals surface area contributed by atoms with Gasteiger partial charge in [0.15, 0.2) is 0 Å². The van der Waals surface area contributed by atoms with Crippen LogP contribution in [-0.2, 0) is 17.9 Å². The molecule has 0 atom stereocenters. The molecule has 0 spiro atoms. The van der Waals surface area contributed by atoms with Gasteiger partial charge in [-0.05, 0) is 14.0 Å². The van der Waals surface area contributed by atoms with Gasteiger partial charge in [0, 0.05) is 20.1 Å². The number of aromatic nitrogens is 3. The molecule has 0 fully saturated rings. The molecular weight excluding hydrogens is 194 g/mol. The zero-order valence-corrected chi connectivity index (χ0v) is 9.40. The standard InChI is InChI=1S/C9H17N5O/c1-4-13(3)9(15)7-14-6-8(5-10-2)11-12-14/h6,10H,4-5,7H2,1-3H3. The normalized spacial score (nSPS) is 10.3. The number of rotatable bonds is 5. The van der Waals surface area contributed by atoms with E-state index in [0.29, 0.717) is 13.1 Å². The van der Waals surface area contributed by atoms with E-state index in [-0.39, 0.29) is 12.5 Å². The first-order valence-electron chi connectivity index (χ1n) is 4.95. The largest absolute Gasteiger partial charge is 0.344 e. The molecule has 0 aromatic carbocycles. The van der Waals surface area contributed by atoms with Crippen LogP contribution in [0.5, 0.6) is 0 Å². The molecule has 1 rings (SSSR count). The van der Waals surface area contributed by atoms with Crippen LogP contribution in [0.2, 0.25) is 0 Å². The Morgan fingerprint density at radius 2 is 2.40 bits per heavy atom. The first kappa shape index (κ1) is 11.6. The Morgan fingerprint density at radius 3 is 3.00 bits per heavy atom. The molecule has 6 heteroatoms. The highest BCUT2D eigenvalue weighted by atomic mass is 16.2. The summed E-state index contributed by atoms with van der Waals surface area (Å²) in [6.07, 6.45) is 1.78. The lowest BCUT2D eigenvalue weighted by Crippen LogP contribution is -2.30. The van der Waals surface area contributed by atoms with E-state index >= 15 is 0 Å². The van der Waals surface area contributed by atoms with Gasteiger partial charge in [-0.15, -0.1) is 5.10 Å². The number of nitrogens with one attached hydrogen (secondary N) is 1. The number of carbonyl (C=O) groups excluding carboxylic acids is 1. The Balaban J connectivity index is 2.53. The predicted octanol–water partition coefficient (Wildman–Crippen LogP) is -0.524. The van der Waals surface area contributed by atoms with Crippen molar-refractivity contribution in [2.24, 2.45) is 0 Å². The minimum atomic E-state index is 0.0402.